The molecule has 2 amide bonds. The lowest BCUT2D eigenvalue weighted by molar-refractivity contribution is -0.123. The number of amides is 2. The Morgan fingerprint density at radius 1 is 1.17 bits per heavy atom. The van der Waals surface area contributed by atoms with Crippen LogP contribution in [0.1, 0.15) is 22.7 Å². The van der Waals surface area contributed by atoms with E-state index in [2.05, 4.69) is 20.6 Å². The predicted molar refractivity (Wildman–Crippen MR) is 118 cm³/mol. The van der Waals surface area contributed by atoms with E-state index in [4.69, 9.17) is 4.42 Å². The highest BCUT2D eigenvalue weighted by atomic mass is 32.2. The van der Waals surface area contributed by atoms with Crippen molar-refractivity contribution >= 4 is 45.4 Å². The lowest BCUT2D eigenvalue weighted by atomic mass is 10.1. The monoisotopic (exact) mass is 422 g/mol. The molecule has 0 radical (unpaired) electrons. The summed E-state index contributed by atoms with van der Waals surface area (Å²) in [5.74, 6) is 0.779. The number of nitrogens with one attached hydrogen (secondary N) is 3. The highest BCUT2D eigenvalue weighted by Crippen LogP contribution is 2.25. The molecule has 0 fully saturated rings. The molecule has 0 aliphatic rings. The van der Waals surface area contributed by atoms with Crippen molar-refractivity contribution in [3.8, 4) is 0 Å². The van der Waals surface area contributed by atoms with Gasteiger partial charge in [0.05, 0.1) is 24.5 Å². The number of para-hydroxylation sites is 1. The molecule has 0 aliphatic heterocycles. The van der Waals surface area contributed by atoms with Crippen LogP contribution in [0.3, 0.4) is 0 Å². The number of hydrogen-bond acceptors (Lipinski definition) is 5. The Morgan fingerprint density at radius 3 is 2.83 bits per heavy atom. The van der Waals surface area contributed by atoms with Crippen molar-refractivity contribution in [2.75, 3.05) is 12.0 Å². The number of furan rings is 1. The van der Waals surface area contributed by atoms with Crippen molar-refractivity contribution in [3.05, 3.63) is 66.4 Å². The molecule has 154 valence electrons. The largest absolute Gasteiger partial charge is 0.467 e. The van der Waals surface area contributed by atoms with Gasteiger partial charge in [-0.15, -0.1) is 0 Å². The number of carbonyl (C=O) groups excluding carboxylic acids is 2. The Bertz CT molecular complexity index is 1170. The first-order chi connectivity index (χ1) is 14.7. The zero-order valence-corrected chi connectivity index (χ0v) is 17.3. The first-order valence-corrected chi connectivity index (χ1v) is 11.0. The second-order valence-electron chi connectivity index (χ2n) is 6.89. The van der Waals surface area contributed by atoms with Gasteiger partial charge in [0.15, 0.2) is 0 Å². The highest BCUT2D eigenvalue weighted by Gasteiger charge is 2.22. The molecule has 1 atom stereocenters. The number of carbonyl (C=O) groups is 2. The van der Waals surface area contributed by atoms with E-state index < -0.39 is 6.04 Å². The van der Waals surface area contributed by atoms with Crippen molar-refractivity contribution in [3.63, 3.8) is 0 Å². The number of hydrogen-bond donors (Lipinski definition) is 3. The summed E-state index contributed by atoms with van der Waals surface area (Å²) in [7, 11) is 0. The lowest BCUT2D eigenvalue weighted by Crippen LogP contribution is -2.47. The van der Waals surface area contributed by atoms with Crippen LogP contribution in [0.15, 0.2) is 59.3 Å². The molecule has 3 heterocycles. The maximum absolute atomic E-state index is 12.9. The van der Waals surface area contributed by atoms with Crippen LogP contribution >= 0.6 is 11.8 Å². The maximum Gasteiger partial charge on any atom is 0.270 e. The molecule has 30 heavy (non-hydrogen) atoms. The average Bonchev–Trinajstić information content (AvgIpc) is 3.41. The van der Waals surface area contributed by atoms with Crippen molar-refractivity contribution in [2.45, 2.75) is 19.0 Å². The minimum atomic E-state index is -0.652. The topological polar surface area (TPSA) is 100 Å². The predicted octanol–water partition coefficient (Wildman–Crippen LogP) is 3.48. The number of nitrogens with zero attached hydrogens (tertiary/aromatic N) is 1. The number of benzene rings is 1. The molecule has 0 saturated heterocycles. The summed E-state index contributed by atoms with van der Waals surface area (Å²) >= 11 is 1.62. The first-order valence-electron chi connectivity index (χ1n) is 9.62. The Kier molecular flexibility index (Phi) is 6.04. The molecule has 7 nitrogen and oxygen atoms in total. The number of aromatic nitrogens is 2. The van der Waals surface area contributed by atoms with Crippen LogP contribution < -0.4 is 10.6 Å². The van der Waals surface area contributed by atoms with E-state index in [1.54, 1.807) is 42.4 Å². The Labute approximate surface area is 177 Å². The van der Waals surface area contributed by atoms with Crippen LogP contribution in [-0.4, -0.2) is 39.8 Å². The number of rotatable bonds is 8. The van der Waals surface area contributed by atoms with Crippen molar-refractivity contribution in [2.24, 2.45) is 0 Å². The summed E-state index contributed by atoms with van der Waals surface area (Å²) in [5, 5.41) is 7.61. The molecule has 0 bridgehead atoms. The highest BCUT2D eigenvalue weighted by molar-refractivity contribution is 7.98. The molecule has 0 aliphatic carbocycles. The van der Waals surface area contributed by atoms with Gasteiger partial charge in [0.25, 0.3) is 5.91 Å². The molecular weight excluding hydrogens is 400 g/mol. The standard InChI is InChI=1S/C22H22N4O3S/c1-30-10-8-18(21(27)24-12-14-5-4-9-29-14)26-22(28)19-11-16-15-6-2-3-7-17(15)25-20(16)13-23-19/h2-7,9,11,13,18,25H,8,10,12H2,1H3,(H,24,27)(H,26,28). The molecular formula is C22H22N4O3S. The van der Waals surface area contributed by atoms with Gasteiger partial charge in [-0.3, -0.25) is 9.59 Å². The fraction of sp³-hybridized carbons (Fsp3) is 0.227. The number of aromatic amines is 1. The summed E-state index contributed by atoms with van der Waals surface area (Å²) in [6.45, 7) is 0.275. The Hall–Kier alpha value is -3.26. The summed E-state index contributed by atoms with van der Waals surface area (Å²) in [6.07, 6.45) is 5.69. The zero-order chi connectivity index (χ0) is 20.9. The summed E-state index contributed by atoms with van der Waals surface area (Å²) in [5.41, 5.74) is 2.13. The van der Waals surface area contributed by atoms with Gasteiger partial charge < -0.3 is 20.0 Å². The van der Waals surface area contributed by atoms with E-state index in [0.29, 0.717) is 12.2 Å². The van der Waals surface area contributed by atoms with Gasteiger partial charge in [-0.2, -0.15) is 11.8 Å². The van der Waals surface area contributed by atoms with Crippen molar-refractivity contribution in [1.29, 1.82) is 0 Å². The second-order valence-corrected chi connectivity index (χ2v) is 7.88. The third kappa shape index (κ3) is 4.33. The van der Waals surface area contributed by atoms with Gasteiger partial charge in [0.1, 0.15) is 17.5 Å². The van der Waals surface area contributed by atoms with Crippen LogP contribution in [0.25, 0.3) is 21.8 Å². The third-order valence-corrected chi connectivity index (χ3v) is 5.52. The zero-order valence-electron chi connectivity index (χ0n) is 16.5. The molecule has 4 aromatic rings. The van der Waals surface area contributed by atoms with E-state index in [9.17, 15) is 9.59 Å². The van der Waals surface area contributed by atoms with E-state index >= 15 is 0 Å². The summed E-state index contributed by atoms with van der Waals surface area (Å²) in [4.78, 5) is 33.1. The summed E-state index contributed by atoms with van der Waals surface area (Å²) < 4.78 is 5.24. The fourth-order valence-corrected chi connectivity index (χ4v) is 3.79. The van der Waals surface area contributed by atoms with E-state index in [0.717, 1.165) is 27.6 Å². The molecule has 0 spiro atoms. The van der Waals surface area contributed by atoms with Gasteiger partial charge >= 0.3 is 0 Å². The Balaban J connectivity index is 1.51. The molecule has 3 aromatic heterocycles. The van der Waals surface area contributed by atoms with Gasteiger partial charge in [0, 0.05) is 16.3 Å². The second kappa shape index (κ2) is 9.04. The minimum absolute atomic E-state index is 0.248. The molecule has 1 unspecified atom stereocenters. The third-order valence-electron chi connectivity index (χ3n) is 4.87. The van der Waals surface area contributed by atoms with Crippen molar-refractivity contribution in [1.82, 2.24) is 20.6 Å². The van der Waals surface area contributed by atoms with E-state index in [1.165, 1.54) is 0 Å². The number of fused-ring (bicyclic) bond motifs is 3. The summed E-state index contributed by atoms with van der Waals surface area (Å²) in [6, 6.07) is 12.6. The first kappa shape index (κ1) is 20.0. The van der Waals surface area contributed by atoms with Crippen LogP contribution in [0.4, 0.5) is 0 Å². The molecule has 3 N–H and O–H groups in total. The van der Waals surface area contributed by atoms with Crippen molar-refractivity contribution < 1.29 is 14.0 Å². The fourth-order valence-electron chi connectivity index (χ4n) is 3.32. The minimum Gasteiger partial charge on any atom is -0.467 e. The van der Waals surface area contributed by atoms with E-state index in [1.807, 2.05) is 30.5 Å². The molecule has 0 saturated carbocycles. The van der Waals surface area contributed by atoms with Gasteiger partial charge in [-0.1, -0.05) is 18.2 Å². The lowest BCUT2D eigenvalue weighted by Gasteiger charge is -2.17. The Morgan fingerprint density at radius 2 is 2.03 bits per heavy atom. The number of thioether (sulfide) groups is 1. The van der Waals surface area contributed by atoms with Crippen LogP contribution in [0.2, 0.25) is 0 Å². The quantitative estimate of drug-likeness (QED) is 0.404. The average molecular weight is 423 g/mol. The van der Waals surface area contributed by atoms with Crippen LogP contribution in [0, 0.1) is 0 Å². The maximum atomic E-state index is 12.9. The number of H-pyrrole nitrogens is 1. The van der Waals surface area contributed by atoms with Gasteiger partial charge in [0.2, 0.25) is 5.91 Å². The SMILES string of the molecule is CSCCC(NC(=O)c1cc2c(cn1)[nH]c1ccccc12)C(=O)NCc1ccco1. The molecule has 8 heteroatoms. The molecule has 1 aromatic carbocycles. The van der Waals surface area contributed by atoms with Gasteiger partial charge in [-0.25, -0.2) is 4.98 Å². The normalized spacial score (nSPS) is 12.2. The smallest absolute Gasteiger partial charge is 0.270 e. The van der Waals surface area contributed by atoms with E-state index in [-0.39, 0.29) is 24.1 Å². The van der Waals surface area contributed by atoms with Crippen LogP contribution in [0.5, 0.6) is 0 Å². The molecule has 4 rings (SSSR count). The number of pyridine rings is 1. The van der Waals surface area contributed by atoms with Gasteiger partial charge in [-0.05, 0) is 42.7 Å². The van der Waals surface area contributed by atoms with Crippen LogP contribution in [-0.2, 0) is 11.3 Å².